The first-order valence-corrected chi connectivity index (χ1v) is 12.5. The maximum Gasteiger partial charge on any atom is 0.251 e. The lowest BCUT2D eigenvalue weighted by Gasteiger charge is -2.19. The Kier molecular flexibility index (Phi) is 12.6. The lowest BCUT2D eigenvalue weighted by molar-refractivity contribution is -0.126. The van der Waals surface area contributed by atoms with Gasteiger partial charge in [0, 0.05) is 28.8 Å². The van der Waals surface area contributed by atoms with Gasteiger partial charge in [0.1, 0.15) is 12.6 Å². The van der Waals surface area contributed by atoms with Crippen molar-refractivity contribution in [3.05, 3.63) is 65.2 Å². The highest BCUT2D eigenvalue weighted by Crippen LogP contribution is 2.11. The molecular weight excluding hydrogens is 468 g/mol. The van der Waals surface area contributed by atoms with Gasteiger partial charge in [-0.3, -0.25) is 14.4 Å². The van der Waals surface area contributed by atoms with Crippen molar-refractivity contribution >= 4 is 23.3 Å². The molecule has 2 aromatic carbocycles. The molecule has 0 aliphatic heterocycles. The SMILES string of the molecule is CCCCCCCC(=O)Nc1ccc(C#CC#Cc2ccc(C(=O)N[C@H](C(=O)CO)[C@@H](C)O)cc2)cc1. The van der Waals surface area contributed by atoms with E-state index in [4.69, 9.17) is 5.11 Å². The van der Waals surface area contributed by atoms with Crippen molar-refractivity contribution in [1.29, 1.82) is 0 Å². The number of carbonyl (C=O) groups is 3. The van der Waals surface area contributed by atoms with Crippen molar-refractivity contribution < 1.29 is 24.6 Å². The predicted octanol–water partition coefficient (Wildman–Crippen LogP) is 3.43. The number of aliphatic hydroxyl groups excluding tert-OH is 2. The summed E-state index contributed by atoms with van der Waals surface area (Å²) in [5, 5.41) is 24.0. The number of amides is 2. The Bertz CT molecular complexity index is 1160. The van der Waals surface area contributed by atoms with Crippen LogP contribution in [0.15, 0.2) is 48.5 Å². The quantitative estimate of drug-likeness (QED) is 0.262. The van der Waals surface area contributed by atoms with Crippen LogP contribution in [-0.4, -0.2) is 46.6 Å². The molecule has 0 bridgehead atoms. The van der Waals surface area contributed by atoms with E-state index in [1.807, 2.05) is 24.3 Å². The van der Waals surface area contributed by atoms with E-state index < -0.39 is 30.4 Å². The molecular formula is C30H34N2O5. The van der Waals surface area contributed by atoms with Crippen LogP contribution >= 0.6 is 0 Å². The number of hydrogen-bond acceptors (Lipinski definition) is 5. The van der Waals surface area contributed by atoms with Crippen LogP contribution in [0, 0.1) is 23.7 Å². The van der Waals surface area contributed by atoms with Crippen molar-refractivity contribution in [2.75, 3.05) is 11.9 Å². The van der Waals surface area contributed by atoms with Crippen LogP contribution in [-0.2, 0) is 9.59 Å². The van der Waals surface area contributed by atoms with Gasteiger partial charge in [0.25, 0.3) is 5.91 Å². The molecule has 0 radical (unpaired) electrons. The van der Waals surface area contributed by atoms with Crippen LogP contribution in [0.5, 0.6) is 0 Å². The van der Waals surface area contributed by atoms with Gasteiger partial charge in [-0.2, -0.15) is 0 Å². The van der Waals surface area contributed by atoms with E-state index >= 15 is 0 Å². The van der Waals surface area contributed by atoms with Crippen LogP contribution in [0.25, 0.3) is 0 Å². The van der Waals surface area contributed by atoms with Crippen LogP contribution in [0.4, 0.5) is 5.69 Å². The van der Waals surface area contributed by atoms with Gasteiger partial charge in [-0.25, -0.2) is 0 Å². The fraction of sp³-hybridized carbons (Fsp3) is 0.367. The number of benzene rings is 2. The number of rotatable bonds is 12. The number of Topliss-reactive ketones (excluding diaryl/α,β-unsaturated/α-hetero) is 1. The molecule has 0 aliphatic carbocycles. The Hall–Kier alpha value is -3.91. The Balaban J connectivity index is 1.87. The standard InChI is InChI=1S/C30H34N2O5/c1-3-4-5-6-7-12-28(36)31-26-19-15-24(16-20-26)11-9-8-10-23-13-17-25(18-14-23)30(37)32-29(22(2)34)27(35)21-33/h13-20,22,29,33-34H,3-7,12,21H2,1-2H3,(H,31,36)(H,32,37)/t22-,29+/m1/s1. The zero-order chi connectivity index (χ0) is 27.0. The van der Waals surface area contributed by atoms with Gasteiger partial charge in [0.2, 0.25) is 5.91 Å². The van der Waals surface area contributed by atoms with Gasteiger partial charge in [-0.15, -0.1) is 0 Å². The third kappa shape index (κ3) is 10.7. The molecule has 0 saturated heterocycles. The first-order valence-electron chi connectivity index (χ1n) is 12.5. The summed E-state index contributed by atoms with van der Waals surface area (Å²) >= 11 is 0. The van der Waals surface area contributed by atoms with Crippen LogP contribution in [0.3, 0.4) is 0 Å². The summed E-state index contributed by atoms with van der Waals surface area (Å²) in [6.45, 7) is 2.76. The van der Waals surface area contributed by atoms with Crippen molar-refractivity contribution in [3.8, 4) is 23.7 Å². The lowest BCUT2D eigenvalue weighted by atomic mass is 10.1. The third-order valence-corrected chi connectivity index (χ3v) is 5.57. The molecule has 2 aromatic rings. The Morgan fingerprint density at radius 1 is 0.865 bits per heavy atom. The maximum absolute atomic E-state index is 12.3. The number of aliphatic hydroxyl groups is 2. The fourth-order valence-corrected chi connectivity index (χ4v) is 3.45. The molecule has 0 saturated carbocycles. The second kappa shape index (κ2) is 16.0. The zero-order valence-corrected chi connectivity index (χ0v) is 21.3. The molecule has 2 atom stereocenters. The largest absolute Gasteiger partial charge is 0.391 e. The molecule has 0 aromatic heterocycles. The summed E-state index contributed by atoms with van der Waals surface area (Å²) in [5.74, 6) is 10.2. The Morgan fingerprint density at radius 3 is 1.97 bits per heavy atom. The molecule has 0 fully saturated rings. The van der Waals surface area contributed by atoms with Gasteiger partial charge in [0.05, 0.1) is 6.10 Å². The number of nitrogens with one attached hydrogen (secondary N) is 2. The van der Waals surface area contributed by atoms with Crippen molar-refractivity contribution in [3.63, 3.8) is 0 Å². The minimum Gasteiger partial charge on any atom is -0.391 e. The number of unbranched alkanes of at least 4 members (excludes halogenated alkanes) is 4. The fourth-order valence-electron chi connectivity index (χ4n) is 3.45. The van der Waals surface area contributed by atoms with E-state index in [2.05, 4.69) is 41.2 Å². The number of anilines is 1. The minimum atomic E-state index is -1.18. The molecule has 0 unspecified atom stereocenters. The smallest absolute Gasteiger partial charge is 0.251 e. The van der Waals surface area contributed by atoms with Gasteiger partial charge >= 0.3 is 0 Å². The predicted molar refractivity (Wildman–Crippen MR) is 144 cm³/mol. The molecule has 37 heavy (non-hydrogen) atoms. The van der Waals surface area contributed by atoms with Crippen molar-refractivity contribution in [2.45, 2.75) is 64.5 Å². The summed E-state index contributed by atoms with van der Waals surface area (Å²) in [6.07, 6.45) is 4.94. The first-order chi connectivity index (χ1) is 17.8. The molecule has 7 heteroatoms. The summed E-state index contributed by atoms with van der Waals surface area (Å²) < 4.78 is 0. The molecule has 2 rings (SSSR count). The summed E-state index contributed by atoms with van der Waals surface area (Å²) in [7, 11) is 0. The highest BCUT2D eigenvalue weighted by molar-refractivity contribution is 5.98. The highest BCUT2D eigenvalue weighted by Gasteiger charge is 2.25. The minimum absolute atomic E-state index is 0.0196. The molecule has 4 N–H and O–H groups in total. The van der Waals surface area contributed by atoms with E-state index in [0.717, 1.165) is 24.1 Å². The van der Waals surface area contributed by atoms with Gasteiger partial charge in [-0.1, -0.05) is 44.4 Å². The van der Waals surface area contributed by atoms with Gasteiger partial charge < -0.3 is 20.8 Å². The van der Waals surface area contributed by atoms with E-state index in [1.165, 1.54) is 26.2 Å². The Labute approximate surface area is 218 Å². The average molecular weight is 503 g/mol. The first kappa shape index (κ1) is 29.3. The zero-order valence-electron chi connectivity index (χ0n) is 21.3. The van der Waals surface area contributed by atoms with Crippen LogP contribution < -0.4 is 10.6 Å². The molecule has 2 amide bonds. The normalized spacial score (nSPS) is 11.7. The van der Waals surface area contributed by atoms with E-state index in [9.17, 15) is 19.5 Å². The molecule has 0 spiro atoms. The average Bonchev–Trinajstić information content (AvgIpc) is 2.90. The number of carbonyl (C=O) groups excluding carboxylic acids is 3. The van der Waals surface area contributed by atoms with Gasteiger partial charge in [0.15, 0.2) is 5.78 Å². The topological polar surface area (TPSA) is 116 Å². The van der Waals surface area contributed by atoms with E-state index in [-0.39, 0.29) is 11.5 Å². The second-order valence-electron chi connectivity index (χ2n) is 8.68. The number of ketones is 1. The lowest BCUT2D eigenvalue weighted by Crippen LogP contribution is -2.48. The van der Waals surface area contributed by atoms with Crippen molar-refractivity contribution in [2.24, 2.45) is 0 Å². The number of hydrogen-bond donors (Lipinski definition) is 4. The monoisotopic (exact) mass is 502 g/mol. The third-order valence-electron chi connectivity index (χ3n) is 5.57. The molecule has 7 nitrogen and oxygen atoms in total. The van der Waals surface area contributed by atoms with E-state index in [0.29, 0.717) is 12.0 Å². The molecule has 0 heterocycles. The maximum atomic E-state index is 12.3. The second-order valence-corrected chi connectivity index (χ2v) is 8.68. The molecule has 194 valence electrons. The van der Waals surface area contributed by atoms with E-state index in [1.54, 1.807) is 24.3 Å². The van der Waals surface area contributed by atoms with Crippen LogP contribution in [0.1, 0.15) is 73.9 Å². The summed E-state index contributed by atoms with van der Waals surface area (Å²) in [6, 6.07) is 12.5. The summed E-state index contributed by atoms with van der Waals surface area (Å²) in [5.41, 5.74) is 2.44. The van der Waals surface area contributed by atoms with Crippen molar-refractivity contribution in [1.82, 2.24) is 5.32 Å². The summed E-state index contributed by atoms with van der Waals surface area (Å²) in [4.78, 5) is 36.0. The Morgan fingerprint density at radius 2 is 1.43 bits per heavy atom. The van der Waals surface area contributed by atoms with Gasteiger partial charge in [-0.05, 0) is 73.7 Å². The molecule has 0 aliphatic rings. The highest BCUT2D eigenvalue weighted by atomic mass is 16.3. The van der Waals surface area contributed by atoms with Crippen LogP contribution in [0.2, 0.25) is 0 Å².